The lowest BCUT2D eigenvalue weighted by atomic mass is 10.1. The highest BCUT2D eigenvalue weighted by atomic mass is 35.5. The van der Waals surface area contributed by atoms with E-state index < -0.39 is 34.7 Å². The minimum Gasteiger partial charge on any atom is -0.478 e. The molecule has 0 spiro atoms. The molecule has 0 radical (unpaired) electrons. The Labute approximate surface area is 116 Å². The van der Waals surface area contributed by atoms with Crippen LogP contribution in [0.3, 0.4) is 0 Å². The Kier molecular flexibility index (Phi) is 3.85. The van der Waals surface area contributed by atoms with Gasteiger partial charge in [-0.05, 0) is 30.3 Å². The Hall–Kier alpha value is -2.21. The van der Waals surface area contributed by atoms with Crippen LogP contribution in [-0.2, 0) is 0 Å². The van der Waals surface area contributed by atoms with Crippen molar-refractivity contribution in [2.75, 3.05) is 5.32 Å². The normalized spacial score (nSPS) is 10.4. The second kappa shape index (κ2) is 5.42. The predicted octanol–water partition coefficient (Wildman–Crippen LogP) is 4.20. The van der Waals surface area contributed by atoms with Crippen molar-refractivity contribution in [3.8, 4) is 0 Å². The van der Waals surface area contributed by atoms with Crippen molar-refractivity contribution in [1.29, 1.82) is 0 Å². The Morgan fingerprint density at radius 2 is 1.70 bits per heavy atom. The van der Waals surface area contributed by atoms with Crippen molar-refractivity contribution in [2.24, 2.45) is 0 Å². The minimum absolute atomic E-state index is 0.0638. The summed E-state index contributed by atoms with van der Waals surface area (Å²) in [5, 5.41) is 11.0. The van der Waals surface area contributed by atoms with Crippen LogP contribution in [0.4, 0.5) is 24.5 Å². The number of hydrogen-bond donors (Lipinski definition) is 2. The molecule has 2 N–H and O–H groups in total. The van der Waals surface area contributed by atoms with Gasteiger partial charge in [0, 0.05) is 0 Å². The van der Waals surface area contributed by atoms with Crippen LogP contribution in [0.5, 0.6) is 0 Å². The fourth-order valence-corrected chi connectivity index (χ4v) is 1.76. The van der Waals surface area contributed by atoms with Gasteiger partial charge in [0.2, 0.25) is 0 Å². The number of carbonyl (C=O) groups is 1. The van der Waals surface area contributed by atoms with E-state index in [1.807, 2.05) is 0 Å². The Balaban J connectivity index is 2.41. The average Bonchev–Trinajstić information content (AvgIpc) is 2.35. The first-order valence-electron chi connectivity index (χ1n) is 5.33. The van der Waals surface area contributed by atoms with Gasteiger partial charge < -0.3 is 10.4 Å². The number of anilines is 2. The molecular weight excluding hydrogens is 295 g/mol. The first-order valence-corrected chi connectivity index (χ1v) is 5.70. The van der Waals surface area contributed by atoms with Gasteiger partial charge in [-0.15, -0.1) is 0 Å². The van der Waals surface area contributed by atoms with Gasteiger partial charge in [0.05, 0.1) is 16.3 Å². The third-order valence-electron chi connectivity index (χ3n) is 2.48. The summed E-state index contributed by atoms with van der Waals surface area (Å²) < 4.78 is 40.2. The molecule has 0 unspecified atom stereocenters. The maximum absolute atomic E-state index is 13.7. The average molecular weight is 302 g/mol. The zero-order valence-electron chi connectivity index (χ0n) is 9.75. The smallest absolute Gasteiger partial charge is 0.335 e. The fraction of sp³-hybridized carbons (Fsp3) is 0. The van der Waals surface area contributed by atoms with E-state index in [1.54, 1.807) is 0 Å². The number of benzene rings is 2. The molecule has 2 aromatic rings. The molecule has 2 rings (SSSR count). The summed E-state index contributed by atoms with van der Waals surface area (Å²) >= 11 is 5.72. The third-order valence-corrected chi connectivity index (χ3v) is 2.79. The van der Waals surface area contributed by atoms with E-state index in [4.69, 9.17) is 16.7 Å². The molecule has 7 heteroatoms. The Morgan fingerprint density at radius 3 is 2.20 bits per heavy atom. The molecule has 0 aromatic heterocycles. The molecule has 0 bridgehead atoms. The largest absolute Gasteiger partial charge is 0.478 e. The lowest BCUT2D eigenvalue weighted by Gasteiger charge is -2.11. The Morgan fingerprint density at radius 1 is 1.10 bits per heavy atom. The van der Waals surface area contributed by atoms with Gasteiger partial charge in [-0.3, -0.25) is 0 Å². The topological polar surface area (TPSA) is 49.3 Å². The molecule has 0 aliphatic rings. The van der Waals surface area contributed by atoms with Gasteiger partial charge in [0.15, 0.2) is 11.6 Å². The predicted molar refractivity (Wildman–Crippen MR) is 68.0 cm³/mol. The second-order valence-corrected chi connectivity index (χ2v) is 4.28. The quantitative estimate of drug-likeness (QED) is 0.893. The van der Waals surface area contributed by atoms with Crippen molar-refractivity contribution >= 4 is 28.9 Å². The standard InChI is InChI=1S/C13H7ClF3NO2/c14-8-5-7(15)1-2-11(8)18-12-9(16)3-6(13(19)20)4-10(12)17/h1-5,18H,(H,19,20). The summed E-state index contributed by atoms with van der Waals surface area (Å²) in [6.45, 7) is 0. The molecule has 3 nitrogen and oxygen atoms in total. The molecule has 2 aromatic carbocycles. The van der Waals surface area contributed by atoms with Crippen LogP contribution < -0.4 is 5.32 Å². The lowest BCUT2D eigenvalue weighted by Crippen LogP contribution is -2.03. The molecule has 0 saturated heterocycles. The van der Waals surface area contributed by atoms with Crippen molar-refractivity contribution in [1.82, 2.24) is 0 Å². The van der Waals surface area contributed by atoms with E-state index in [0.717, 1.165) is 12.1 Å². The first kappa shape index (κ1) is 14.2. The van der Waals surface area contributed by atoms with E-state index in [2.05, 4.69) is 5.32 Å². The van der Waals surface area contributed by atoms with E-state index in [9.17, 15) is 18.0 Å². The van der Waals surface area contributed by atoms with Crippen LogP contribution >= 0.6 is 11.6 Å². The molecule has 0 aliphatic carbocycles. The molecule has 0 heterocycles. The monoisotopic (exact) mass is 301 g/mol. The third kappa shape index (κ3) is 2.85. The van der Waals surface area contributed by atoms with Gasteiger partial charge in [-0.2, -0.15) is 0 Å². The Bertz CT molecular complexity index is 668. The molecule has 0 saturated carbocycles. The molecule has 20 heavy (non-hydrogen) atoms. The molecule has 0 fully saturated rings. The van der Waals surface area contributed by atoms with Crippen LogP contribution in [0.15, 0.2) is 30.3 Å². The van der Waals surface area contributed by atoms with E-state index in [-0.39, 0.29) is 10.7 Å². The number of carboxylic acids is 1. The fourth-order valence-electron chi connectivity index (χ4n) is 1.54. The zero-order chi connectivity index (χ0) is 14.9. The van der Waals surface area contributed by atoms with E-state index in [0.29, 0.717) is 12.1 Å². The molecular formula is C13H7ClF3NO2. The van der Waals surface area contributed by atoms with Crippen LogP contribution in [0.25, 0.3) is 0 Å². The van der Waals surface area contributed by atoms with Crippen molar-refractivity contribution < 1.29 is 23.1 Å². The van der Waals surface area contributed by atoms with Crippen molar-refractivity contribution in [3.63, 3.8) is 0 Å². The number of hydrogen-bond acceptors (Lipinski definition) is 2. The summed E-state index contributed by atoms with van der Waals surface area (Å²) in [4.78, 5) is 10.7. The first-order chi connectivity index (χ1) is 9.38. The van der Waals surface area contributed by atoms with Crippen LogP contribution in [0, 0.1) is 17.5 Å². The summed E-state index contributed by atoms with van der Waals surface area (Å²) in [6, 6.07) is 4.60. The van der Waals surface area contributed by atoms with Crippen LogP contribution in [0.1, 0.15) is 10.4 Å². The highest BCUT2D eigenvalue weighted by Crippen LogP contribution is 2.29. The molecule has 104 valence electrons. The lowest BCUT2D eigenvalue weighted by molar-refractivity contribution is 0.0696. The summed E-state index contributed by atoms with van der Waals surface area (Å²) in [5.41, 5.74) is -0.992. The van der Waals surface area contributed by atoms with Gasteiger partial charge in [0.1, 0.15) is 11.5 Å². The summed E-state index contributed by atoms with van der Waals surface area (Å²) in [5.74, 6) is -4.23. The van der Waals surface area contributed by atoms with Crippen molar-refractivity contribution in [2.45, 2.75) is 0 Å². The maximum atomic E-state index is 13.7. The summed E-state index contributed by atoms with van der Waals surface area (Å²) in [6.07, 6.45) is 0. The number of nitrogens with one attached hydrogen (secondary N) is 1. The SMILES string of the molecule is O=C(O)c1cc(F)c(Nc2ccc(F)cc2Cl)c(F)c1. The number of carboxylic acid groups (broad SMARTS) is 1. The molecule has 0 atom stereocenters. The van der Waals surface area contributed by atoms with E-state index >= 15 is 0 Å². The highest BCUT2D eigenvalue weighted by Gasteiger charge is 2.15. The molecule has 0 aliphatic heterocycles. The van der Waals surface area contributed by atoms with Gasteiger partial charge in [0.25, 0.3) is 0 Å². The molecule has 0 amide bonds. The van der Waals surface area contributed by atoms with Gasteiger partial charge in [-0.25, -0.2) is 18.0 Å². The maximum Gasteiger partial charge on any atom is 0.335 e. The van der Waals surface area contributed by atoms with Gasteiger partial charge in [-0.1, -0.05) is 11.6 Å². The number of rotatable bonds is 3. The van der Waals surface area contributed by atoms with E-state index in [1.165, 1.54) is 6.07 Å². The second-order valence-electron chi connectivity index (χ2n) is 3.87. The summed E-state index contributed by atoms with van der Waals surface area (Å²) in [7, 11) is 0. The zero-order valence-corrected chi connectivity index (χ0v) is 10.5. The number of halogens is 4. The van der Waals surface area contributed by atoms with Crippen molar-refractivity contribution in [3.05, 3.63) is 58.4 Å². The highest BCUT2D eigenvalue weighted by molar-refractivity contribution is 6.33. The number of aromatic carboxylic acids is 1. The van der Waals surface area contributed by atoms with Crippen LogP contribution in [0.2, 0.25) is 5.02 Å². The van der Waals surface area contributed by atoms with Crippen LogP contribution in [-0.4, -0.2) is 11.1 Å². The minimum atomic E-state index is -1.45. The van der Waals surface area contributed by atoms with Gasteiger partial charge >= 0.3 is 5.97 Å².